The van der Waals surface area contributed by atoms with Gasteiger partial charge in [0.1, 0.15) is 12.1 Å². The zero-order valence-corrected chi connectivity index (χ0v) is 14.0. The van der Waals surface area contributed by atoms with Gasteiger partial charge in [-0.25, -0.2) is 4.79 Å². The lowest BCUT2D eigenvalue weighted by Crippen LogP contribution is -2.71. The van der Waals surface area contributed by atoms with E-state index in [4.69, 9.17) is 0 Å². The standard InChI is InChI=1S/C17H22N4O4/c1-11(22)14-16(24)21-8-7-20(10-13(21)15(23)19-14)17(25)18-9-12-5-3-2-4-6-12/h2-6,11,13-14,22H,7-10H2,1H3,(H,18,25)(H,19,23)/t11-,13-,14+/m1/s1. The van der Waals surface area contributed by atoms with Crippen molar-refractivity contribution in [2.45, 2.75) is 31.7 Å². The molecule has 1 aromatic carbocycles. The van der Waals surface area contributed by atoms with Crippen molar-refractivity contribution >= 4 is 17.8 Å². The summed E-state index contributed by atoms with van der Waals surface area (Å²) in [5.41, 5.74) is 0.986. The average Bonchev–Trinajstić information content (AvgIpc) is 2.63. The third-order valence-corrected chi connectivity index (χ3v) is 4.59. The number of amides is 4. The van der Waals surface area contributed by atoms with Crippen molar-refractivity contribution in [3.05, 3.63) is 35.9 Å². The molecule has 0 saturated carbocycles. The first kappa shape index (κ1) is 17.2. The Labute approximate surface area is 145 Å². The molecule has 2 aliphatic rings. The van der Waals surface area contributed by atoms with Crippen molar-refractivity contribution in [2.24, 2.45) is 0 Å². The van der Waals surface area contributed by atoms with E-state index in [0.29, 0.717) is 13.1 Å². The minimum atomic E-state index is -0.954. The van der Waals surface area contributed by atoms with Gasteiger partial charge in [0.15, 0.2) is 0 Å². The Hall–Kier alpha value is -2.61. The largest absolute Gasteiger partial charge is 0.391 e. The number of aliphatic hydroxyl groups excluding tert-OH is 1. The molecule has 2 aliphatic heterocycles. The second-order valence-corrected chi connectivity index (χ2v) is 6.36. The Kier molecular flexibility index (Phi) is 4.89. The number of piperazine rings is 2. The molecule has 0 radical (unpaired) electrons. The van der Waals surface area contributed by atoms with Crippen LogP contribution >= 0.6 is 0 Å². The lowest BCUT2D eigenvalue weighted by molar-refractivity contribution is -0.155. The Morgan fingerprint density at radius 1 is 1.32 bits per heavy atom. The fourth-order valence-corrected chi connectivity index (χ4v) is 3.16. The van der Waals surface area contributed by atoms with Gasteiger partial charge in [-0.05, 0) is 12.5 Å². The molecule has 2 fully saturated rings. The van der Waals surface area contributed by atoms with E-state index in [2.05, 4.69) is 10.6 Å². The van der Waals surface area contributed by atoms with Crippen LogP contribution in [0, 0.1) is 0 Å². The van der Waals surface area contributed by atoms with Crippen LogP contribution < -0.4 is 10.6 Å². The summed E-state index contributed by atoms with van der Waals surface area (Å²) in [6.45, 7) is 2.64. The molecule has 2 heterocycles. The van der Waals surface area contributed by atoms with Crippen LogP contribution in [0.4, 0.5) is 4.79 Å². The number of aliphatic hydroxyl groups is 1. The van der Waals surface area contributed by atoms with Crippen LogP contribution in [0.15, 0.2) is 30.3 Å². The number of benzene rings is 1. The Morgan fingerprint density at radius 2 is 2.04 bits per heavy atom. The summed E-state index contributed by atoms with van der Waals surface area (Å²) in [7, 11) is 0. The van der Waals surface area contributed by atoms with Crippen LogP contribution in [-0.4, -0.2) is 70.6 Å². The summed E-state index contributed by atoms with van der Waals surface area (Å²) in [4.78, 5) is 40.0. The summed E-state index contributed by atoms with van der Waals surface area (Å²) in [5, 5.41) is 15.0. The van der Waals surface area contributed by atoms with Crippen molar-refractivity contribution in [1.82, 2.24) is 20.4 Å². The van der Waals surface area contributed by atoms with Crippen molar-refractivity contribution in [1.29, 1.82) is 0 Å². The Morgan fingerprint density at radius 3 is 2.72 bits per heavy atom. The van der Waals surface area contributed by atoms with Gasteiger partial charge >= 0.3 is 6.03 Å². The zero-order valence-electron chi connectivity index (χ0n) is 14.0. The second-order valence-electron chi connectivity index (χ2n) is 6.36. The van der Waals surface area contributed by atoms with E-state index in [9.17, 15) is 19.5 Å². The van der Waals surface area contributed by atoms with E-state index in [0.717, 1.165) is 5.56 Å². The van der Waals surface area contributed by atoms with Gasteiger partial charge < -0.3 is 25.5 Å². The molecule has 8 heteroatoms. The second kappa shape index (κ2) is 7.10. The topological polar surface area (TPSA) is 102 Å². The number of carbonyl (C=O) groups is 3. The molecule has 0 aromatic heterocycles. The number of nitrogens with one attached hydrogen (secondary N) is 2. The molecule has 1 aromatic rings. The summed E-state index contributed by atoms with van der Waals surface area (Å²) >= 11 is 0. The third-order valence-electron chi connectivity index (χ3n) is 4.59. The Balaban J connectivity index is 1.60. The first-order chi connectivity index (χ1) is 12.0. The van der Waals surface area contributed by atoms with E-state index >= 15 is 0 Å². The first-order valence-corrected chi connectivity index (χ1v) is 8.33. The molecule has 4 amide bonds. The smallest absolute Gasteiger partial charge is 0.317 e. The van der Waals surface area contributed by atoms with Gasteiger partial charge in [-0.1, -0.05) is 30.3 Å². The molecule has 3 N–H and O–H groups in total. The maximum absolute atomic E-state index is 12.4. The highest BCUT2D eigenvalue weighted by atomic mass is 16.3. The first-order valence-electron chi connectivity index (χ1n) is 8.33. The molecular weight excluding hydrogens is 324 g/mol. The number of fused-ring (bicyclic) bond motifs is 1. The highest BCUT2D eigenvalue weighted by Gasteiger charge is 2.45. The van der Waals surface area contributed by atoms with E-state index in [-0.39, 0.29) is 30.9 Å². The maximum Gasteiger partial charge on any atom is 0.317 e. The lowest BCUT2D eigenvalue weighted by Gasteiger charge is -2.45. The van der Waals surface area contributed by atoms with Gasteiger partial charge in [0.25, 0.3) is 0 Å². The molecule has 2 saturated heterocycles. The zero-order chi connectivity index (χ0) is 18.0. The molecule has 8 nitrogen and oxygen atoms in total. The average molecular weight is 346 g/mol. The van der Waals surface area contributed by atoms with Crippen molar-refractivity contribution in [2.75, 3.05) is 19.6 Å². The summed E-state index contributed by atoms with van der Waals surface area (Å²) in [6.07, 6.45) is -0.954. The van der Waals surface area contributed by atoms with Crippen molar-refractivity contribution in [3.8, 4) is 0 Å². The van der Waals surface area contributed by atoms with E-state index in [1.54, 1.807) is 4.90 Å². The fourth-order valence-electron chi connectivity index (χ4n) is 3.16. The van der Waals surface area contributed by atoms with Crippen molar-refractivity contribution in [3.63, 3.8) is 0 Å². The molecule has 25 heavy (non-hydrogen) atoms. The van der Waals surface area contributed by atoms with E-state index in [1.165, 1.54) is 11.8 Å². The fraction of sp³-hybridized carbons (Fsp3) is 0.471. The van der Waals surface area contributed by atoms with Gasteiger partial charge in [-0.15, -0.1) is 0 Å². The van der Waals surface area contributed by atoms with Gasteiger partial charge in [0, 0.05) is 19.6 Å². The predicted octanol–water partition coefficient (Wildman–Crippen LogP) is -0.712. The van der Waals surface area contributed by atoms with Crippen molar-refractivity contribution < 1.29 is 19.5 Å². The summed E-state index contributed by atoms with van der Waals surface area (Å²) in [5.74, 6) is -0.644. The summed E-state index contributed by atoms with van der Waals surface area (Å²) < 4.78 is 0. The lowest BCUT2D eigenvalue weighted by atomic mass is 10.0. The van der Waals surface area contributed by atoms with Gasteiger partial charge in [0.05, 0.1) is 12.6 Å². The monoisotopic (exact) mass is 346 g/mol. The number of carbonyl (C=O) groups excluding carboxylic acids is 3. The van der Waals surface area contributed by atoms with Crippen LogP contribution in [0.1, 0.15) is 12.5 Å². The van der Waals surface area contributed by atoms with E-state index in [1.807, 2.05) is 30.3 Å². The number of hydrogen-bond donors (Lipinski definition) is 3. The van der Waals surface area contributed by atoms with Crippen LogP contribution in [-0.2, 0) is 16.1 Å². The Bertz CT molecular complexity index is 664. The molecule has 0 unspecified atom stereocenters. The SMILES string of the molecule is C[C@@H](O)[C@@H]1NC(=O)[C@H]2CN(C(=O)NCc3ccccc3)CCN2C1=O. The van der Waals surface area contributed by atoms with Crippen LogP contribution in [0.2, 0.25) is 0 Å². The molecule has 0 spiro atoms. The predicted molar refractivity (Wildman–Crippen MR) is 89.4 cm³/mol. The van der Waals surface area contributed by atoms with Crippen LogP contribution in [0.5, 0.6) is 0 Å². The number of rotatable bonds is 3. The quantitative estimate of drug-likeness (QED) is 0.673. The number of urea groups is 1. The minimum absolute atomic E-state index is 0.144. The highest BCUT2D eigenvalue weighted by Crippen LogP contribution is 2.17. The molecule has 3 rings (SSSR count). The molecule has 0 bridgehead atoms. The number of hydrogen-bond acceptors (Lipinski definition) is 4. The number of nitrogens with zero attached hydrogens (tertiary/aromatic N) is 2. The normalized spacial score (nSPS) is 24.4. The van der Waals surface area contributed by atoms with Crippen LogP contribution in [0.3, 0.4) is 0 Å². The molecule has 3 atom stereocenters. The molecule has 134 valence electrons. The van der Waals surface area contributed by atoms with Gasteiger partial charge in [0.2, 0.25) is 11.8 Å². The highest BCUT2D eigenvalue weighted by molar-refractivity contribution is 5.98. The van der Waals surface area contributed by atoms with Gasteiger partial charge in [-0.3, -0.25) is 9.59 Å². The minimum Gasteiger partial charge on any atom is -0.391 e. The van der Waals surface area contributed by atoms with E-state index < -0.39 is 18.2 Å². The molecular formula is C17H22N4O4. The maximum atomic E-state index is 12.4. The van der Waals surface area contributed by atoms with Crippen LogP contribution in [0.25, 0.3) is 0 Å². The third kappa shape index (κ3) is 3.58. The molecule has 0 aliphatic carbocycles. The van der Waals surface area contributed by atoms with Gasteiger partial charge in [-0.2, -0.15) is 0 Å². The summed E-state index contributed by atoms with van der Waals surface area (Å²) in [6, 6.07) is 7.66.